The minimum Gasteiger partial charge on any atom is -0.494 e. The number of carbonyl (C=O) groups is 2. The first-order valence-electron chi connectivity index (χ1n) is 11.6. The number of carbonyl (C=O) groups excluding carboxylic acids is 2. The van der Waals surface area contributed by atoms with E-state index in [4.69, 9.17) is 9.47 Å². The number of nitrogens with zero attached hydrogens (tertiary/aromatic N) is 2. The van der Waals surface area contributed by atoms with Crippen LogP contribution in [-0.4, -0.2) is 43.0 Å². The highest BCUT2D eigenvalue weighted by Crippen LogP contribution is 2.36. The van der Waals surface area contributed by atoms with Crippen LogP contribution in [0.3, 0.4) is 0 Å². The minimum absolute atomic E-state index is 0.0614. The molecule has 0 aliphatic carbocycles. The van der Waals surface area contributed by atoms with E-state index in [2.05, 4.69) is 9.88 Å². The smallest absolute Gasteiger partial charge is 0.309 e. The Kier molecular flexibility index (Phi) is 6.92. The molecule has 6 nitrogen and oxygen atoms in total. The number of aromatic nitrogens is 1. The van der Waals surface area contributed by atoms with Crippen LogP contribution in [0.4, 0.5) is 5.69 Å². The first-order chi connectivity index (χ1) is 16.0. The fourth-order valence-corrected chi connectivity index (χ4v) is 4.38. The van der Waals surface area contributed by atoms with Crippen molar-refractivity contribution in [1.82, 2.24) is 4.98 Å². The summed E-state index contributed by atoms with van der Waals surface area (Å²) in [4.78, 5) is 32.6. The predicted octanol–water partition coefficient (Wildman–Crippen LogP) is 4.95. The Hall–Kier alpha value is -3.41. The molecule has 0 spiro atoms. The molecule has 3 aromatic rings. The predicted molar refractivity (Wildman–Crippen MR) is 129 cm³/mol. The van der Waals surface area contributed by atoms with Crippen LogP contribution < -0.4 is 9.64 Å². The van der Waals surface area contributed by atoms with Crippen molar-refractivity contribution in [2.75, 3.05) is 31.2 Å². The number of pyridine rings is 1. The second-order valence-electron chi connectivity index (χ2n) is 8.34. The molecular weight excluding hydrogens is 416 g/mol. The van der Waals surface area contributed by atoms with Crippen molar-refractivity contribution in [3.63, 3.8) is 0 Å². The van der Waals surface area contributed by atoms with E-state index in [1.165, 1.54) is 0 Å². The van der Waals surface area contributed by atoms with Gasteiger partial charge in [0.2, 0.25) is 0 Å². The lowest BCUT2D eigenvalue weighted by Crippen LogP contribution is -2.38. The summed E-state index contributed by atoms with van der Waals surface area (Å²) in [6.45, 7) is 8.05. The summed E-state index contributed by atoms with van der Waals surface area (Å²) in [5.41, 5.74) is 3.96. The molecule has 0 atom stereocenters. The van der Waals surface area contributed by atoms with Gasteiger partial charge in [-0.25, -0.2) is 0 Å². The van der Waals surface area contributed by atoms with Crippen molar-refractivity contribution in [3.05, 3.63) is 65.4 Å². The van der Waals surface area contributed by atoms with Gasteiger partial charge in [-0.05, 0) is 51.8 Å². The summed E-state index contributed by atoms with van der Waals surface area (Å²) >= 11 is 0. The number of piperidine rings is 1. The maximum atomic E-state index is 13.6. The number of hydrogen-bond donors (Lipinski definition) is 0. The van der Waals surface area contributed by atoms with E-state index in [-0.39, 0.29) is 17.7 Å². The minimum atomic E-state index is -0.133. The number of ketones is 1. The number of esters is 1. The molecule has 172 valence electrons. The number of anilines is 1. The highest BCUT2D eigenvalue weighted by Gasteiger charge is 2.29. The van der Waals surface area contributed by atoms with Crippen LogP contribution in [-0.2, 0) is 9.53 Å². The topological polar surface area (TPSA) is 68.7 Å². The third kappa shape index (κ3) is 4.85. The van der Waals surface area contributed by atoms with Crippen molar-refractivity contribution in [2.45, 2.75) is 33.6 Å². The van der Waals surface area contributed by atoms with E-state index >= 15 is 0 Å². The Balaban J connectivity index is 1.76. The average Bonchev–Trinajstić information content (AvgIpc) is 2.84. The van der Waals surface area contributed by atoms with Gasteiger partial charge in [-0.2, -0.15) is 0 Å². The maximum Gasteiger partial charge on any atom is 0.309 e. The Morgan fingerprint density at radius 1 is 1.03 bits per heavy atom. The second kappa shape index (κ2) is 10.0. The third-order valence-electron chi connectivity index (χ3n) is 6.11. The lowest BCUT2D eigenvalue weighted by molar-refractivity contribution is -0.148. The van der Waals surface area contributed by atoms with Gasteiger partial charge in [0.1, 0.15) is 5.75 Å². The van der Waals surface area contributed by atoms with Gasteiger partial charge in [-0.3, -0.25) is 14.6 Å². The SMILES string of the molecule is CCOC(=O)C1CCN(c2c(C(=O)c3ccc(C)cc3)cnc3ccc(OCC)cc23)CC1. The molecule has 0 bridgehead atoms. The van der Waals surface area contributed by atoms with Crippen LogP contribution in [0, 0.1) is 12.8 Å². The van der Waals surface area contributed by atoms with E-state index < -0.39 is 0 Å². The molecule has 2 aromatic carbocycles. The zero-order chi connectivity index (χ0) is 23.4. The van der Waals surface area contributed by atoms with Crippen LogP contribution in [0.15, 0.2) is 48.7 Å². The molecule has 1 aliphatic rings. The van der Waals surface area contributed by atoms with Crippen molar-refractivity contribution >= 4 is 28.3 Å². The summed E-state index contributed by atoms with van der Waals surface area (Å²) in [5.74, 6) is 0.444. The Bertz CT molecular complexity index is 1150. The molecule has 1 aromatic heterocycles. The van der Waals surface area contributed by atoms with Gasteiger partial charge in [-0.1, -0.05) is 29.8 Å². The quantitative estimate of drug-likeness (QED) is 0.378. The van der Waals surface area contributed by atoms with Gasteiger partial charge in [-0.15, -0.1) is 0 Å². The summed E-state index contributed by atoms with van der Waals surface area (Å²) in [7, 11) is 0. The van der Waals surface area contributed by atoms with E-state index in [0.29, 0.717) is 50.3 Å². The lowest BCUT2D eigenvalue weighted by Gasteiger charge is -2.34. The highest BCUT2D eigenvalue weighted by molar-refractivity contribution is 6.16. The molecule has 0 N–H and O–H groups in total. The van der Waals surface area contributed by atoms with Crippen molar-refractivity contribution in [1.29, 1.82) is 0 Å². The molecule has 33 heavy (non-hydrogen) atoms. The van der Waals surface area contributed by atoms with Crippen LogP contribution in [0.25, 0.3) is 10.9 Å². The molecule has 1 saturated heterocycles. The van der Waals surface area contributed by atoms with Crippen LogP contribution in [0.2, 0.25) is 0 Å². The van der Waals surface area contributed by atoms with E-state index in [0.717, 1.165) is 27.9 Å². The first-order valence-corrected chi connectivity index (χ1v) is 11.6. The normalized spacial score (nSPS) is 14.3. The maximum absolute atomic E-state index is 13.6. The van der Waals surface area contributed by atoms with Gasteiger partial charge in [0.05, 0.1) is 35.9 Å². The number of benzene rings is 2. The van der Waals surface area contributed by atoms with Crippen molar-refractivity contribution < 1.29 is 19.1 Å². The first kappa shape index (κ1) is 22.8. The fraction of sp³-hybridized carbons (Fsp3) is 0.370. The molecule has 0 amide bonds. The molecule has 0 radical (unpaired) electrons. The van der Waals surface area contributed by atoms with Crippen LogP contribution >= 0.6 is 0 Å². The zero-order valence-electron chi connectivity index (χ0n) is 19.5. The molecule has 1 fully saturated rings. The number of rotatable bonds is 7. The Labute approximate surface area is 194 Å². The molecule has 1 aliphatic heterocycles. The van der Waals surface area contributed by atoms with Crippen LogP contribution in [0.5, 0.6) is 5.75 Å². The standard InChI is InChI=1S/C27H30N2O4/c1-4-32-21-10-11-24-22(16-21)25(29-14-12-20(13-15-29)27(31)33-5-2)23(17-28-24)26(30)19-8-6-18(3)7-9-19/h6-11,16-17,20H,4-5,12-15H2,1-3H3. The van der Waals surface area contributed by atoms with Gasteiger partial charge in [0, 0.05) is 30.2 Å². The Morgan fingerprint density at radius 3 is 2.42 bits per heavy atom. The summed E-state index contributed by atoms with van der Waals surface area (Å²) in [6.07, 6.45) is 3.05. The molecule has 6 heteroatoms. The second-order valence-corrected chi connectivity index (χ2v) is 8.34. The van der Waals surface area contributed by atoms with E-state index in [9.17, 15) is 9.59 Å². The van der Waals surface area contributed by atoms with Crippen molar-refractivity contribution in [2.24, 2.45) is 5.92 Å². The number of ether oxygens (including phenoxy) is 2. The molecule has 0 saturated carbocycles. The summed E-state index contributed by atoms with van der Waals surface area (Å²) in [5, 5.41) is 0.883. The molecule has 4 rings (SSSR count). The lowest BCUT2D eigenvalue weighted by atomic mass is 9.94. The average molecular weight is 447 g/mol. The third-order valence-corrected chi connectivity index (χ3v) is 6.11. The number of aryl methyl sites for hydroxylation is 1. The molecular formula is C27H30N2O4. The Morgan fingerprint density at radius 2 is 1.76 bits per heavy atom. The summed E-state index contributed by atoms with van der Waals surface area (Å²) in [6, 6.07) is 13.4. The van der Waals surface area contributed by atoms with Gasteiger partial charge >= 0.3 is 5.97 Å². The monoisotopic (exact) mass is 446 g/mol. The van der Waals surface area contributed by atoms with E-state index in [1.807, 2.05) is 63.2 Å². The largest absolute Gasteiger partial charge is 0.494 e. The van der Waals surface area contributed by atoms with Gasteiger partial charge in [0.15, 0.2) is 5.78 Å². The zero-order valence-corrected chi connectivity index (χ0v) is 19.5. The highest BCUT2D eigenvalue weighted by atomic mass is 16.5. The summed E-state index contributed by atoms with van der Waals surface area (Å²) < 4.78 is 11.0. The van der Waals surface area contributed by atoms with E-state index in [1.54, 1.807) is 6.20 Å². The molecule has 2 heterocycles. The molecule has 0 unspecified atom stereocenters. The van der Waals surface area contributed by atoms with Gasteiger partial charge < -0.3 is 14.4 Å². The van der Waals surface area contributed by atoms with Crippen LogP contribution in [0.1, 0.15) is 48.2 Å². The van der Waals surface area contributed by atoms with Crippen molar-refractivity contribution in [3.8, 4) is 5.75 Å². The fourth-order valence-electron chi connectivity index (χ4n) is 4.38. The number of fused-ring (bicyclic) bond motifs is 1. The number of hydrogen-bond acceptors (Lipinski definition) is 6. The van der Waals surface area contributed by atoms with Gasteiger partial charge in [0.25, 0.3) is 0 Å².